The van der Waals surface area contributed by atoms with Crippen LogP contribution in [-0.2, 0) is 0 Å². The zero-order valence-electron chi connectivity index (χ0n) is 9.43. The second-order valence-corrected chi connectivity index (χ2v) is 7.89. The topological polar surface area (TPSA) is 0 Å². The van der Waals surface area contributed by atoms with Gasteiger partial charge in [-0.2, -0.15) is 0 Å². The Labute approximate surface area is 131 Å². The van der Waals surface area contributed by atoms with Crippen molar-refractivity contribution in [3.8, 4) is 0 Å². The van der Waals surface area contributed by atoms with Crippen LogP contribution in [0.15, 0.2) is 33.2 Å². The van der Waals surface area contributed by atoms with E-state index in [2.05, 4.69) is 85.9 Å². The normalized spacial score (nSPS) is 12.8. The number of thiophene rings is 1. The molecule has 0 spiro atoms. The number of aryl methyl sites for hydroxylation is 2. The van der Waals surface area contributed by atoms with Crippen LogP contribution in [0.4, 0.5) is 0 Å². The lowest BCUT2D eigenvalue weighted by Gasteiger charge is -2.12. The third kappa shape index (κ3) is 3.03. The second-order valence-electron chi connectivity index (χ2n) is 3.92. The lowest BCUT2D eigenvalue weighted by molar-refractivity contribution is 1.17. The molecule has 1 aromatic heterocycles. The molecule has 0 saturated carbocycles. The number of hydrogen-bond donors (Lipinski definition) is 0. The molecular weight excluding hydrogens is 428 g/mol. The maximum absolute atomic E-state index is 3.80. The summed E-state index contributed by atoms with van der Waals surface area (Å²) in [5.41, 5.74) is 2.62. The third-order valence-corrected chi connectivity index (χ3v) is 6.62. The maximum atomic E-state index is 3.80. The maximum Gasteiger partial charge on any atom is 0.0741 e. The number of hydrogen-bond acceptors (Lipinski definition) is 1. The van der Waals surface area contributed by atoms with Crippen LogP contribution in [0.3, 0.4) is 0 Å². The molecule has 1 aromatic carbocycles. The number of rotatable bonds is 2. The fraction of sp³-hybridized carbons (Fsp3) is 0.231. The summed E-state index contributed by atoms with van der Waals surface area (Å²) in [6.45, 7) is 4.28. The Morgan fingerprint density at radius 2 is 1.82 bits per heavy atom. The van der Waals surface area contributed by atoms with E-state index < -0.39 is 0 Å². The third-order valence-electron chi connectivity index (χ3n) is 2.64. The van der Waals surface area contributed by atoms with Gasteiger partial charge in [-0.25, -0.2) is 0 Å². The van der Waals surface area contributed by atoms with Gasteiger partial charge in [0.2, 0.25) is 0 Å². The summed E-state index contributed by atoms with van der Waals surface area (Å²) < 4.78 is 2.31. The van der Waals surface area contributed by atoms with Gasteiger partial charge < -0.3 is 0 Å². The van der Waals surface area contributed by atoms with Crippen LogP contribution in [0.25, 0.3) is 0 Å². The van der Waals surface area contributed by atoms with Gasteiger partial charge in [-0.15, -0.1) is 11.3 Å². The average molecular weight is 439 g/mol. The highest BCUT2D eigenvalue weighted by Gasteiger charge is 2.16. The minimum absolute atomic E-state index is 0.259. The first-order chi connectivity index (χ1) is 7.99. The van der Waals surface area contributed by atoms with E-state index in [1.807, 2.05) is 11.3 Å². The lowest BCUT2D eigenvalue weighted by Crippen LogP contribution is -1.93. The van der Waals surface area contributed by atoms with Gasteiger partial charge in [0.25, 0.3) is 0 Å². The van der Waals surface area contributed by atoms with Crippen LogP contribution in [-0.4, -0.2) is 0 Å². The molecule has 0 bridgehead atoms. The first kappa shape index (κ1) is 13.8. The Kier molecular flexibility index (Phi) is 4.50. The Balaban J connectivity index is 2.42. The molecule has 90 valence electrons. The van der Waals surface area contributed by atoms with E-state index in [-0.39, 0.29) is 4.83 Å². The van der Waals surface area contributed by atoms with Crippen LogP contribution in [0.1, 0.15) is 25.7 Å². The van der Waals surface area contributed by atoms with Crippen molar-refractivity contribution in [1.29, 1.82) is 0 Å². The highest BCUT2D eigenvalue weighted by molar-refractivity contribution is 9.11. The van der Waals surface area contributed by atoms with Crippen molar-refractivity contribution in [3.05, 3.63) is 54.1 Å². The zero-order chi connectivity index (χ0) is 12.6. The van der Waals surface area contributed by atoms with Gasteiger partial charge in [0.1, 0.15) is 0 Å². The molecule has 2 aromatic rings. The van der Waals surface area contributed by atoms with Crippen LogP contribution in [0.5, 0.6) is 0 Å². The first-order valence-electron chi connectivity index (χ1n) is 5.15. The van der Waals surface area contributed by atoms with E-state index in [9.17, 15) is 0 Å². The highest BCUT2D eigenvalue weighted by atomic mass is 79.9. The smallest absolute Gasteiger partial charge is 0.0741 e. The molecule has 17 heavy (non-hydrogen) atoms. The van der Waals surface area contributed by atoms with Gasteiger partial charge >= 0.3 is 0 Å². The van der Waals surface area contributed by atoms with Crippen molar-refractivity contribution in [3.63, 3.8) is 0 Å². The van der Waals surface area contributed by atoms with Crippen molar-refractivity contribution < 1.29 is 0 Å². The second kappa shape index (κ2) is 5.55. The Bertz CT molecular complexity index is 526. The Morgan fingerprint density at radius 1 is 1.12 bits per heavy atom. The SMILES string of the molecule is Cc1ccc(Br)cc1C(Br)c1cc(Br)c(C)s1. The number of halogens is 3. The van der Waals surface area contributed by atoms with Gasteiger partial charge in [0.15, 0.2) is 0 Å². The zero-order valence-corrected chi connectivity index (χ0v) is 15.0. The van der Waals surface area contributed by atoms with Gasteiger partial charge in [-0.05, 0) is 59.1 Å². The molecule has 0 aliphatic rings. The summed E-state index contributed by atoms with van der Waals surface area (Å²) in [6.07, 6.45) is 0. The van der Waals surface area contributed by atoms with E-state index in [0.717, 1.165) is 4.47 Å². The van der Waals surface area contributed by atoms with Crippen LogP contribution >= 0.6 is 59.1 Å². The predicted octanol–water partition coefficient (Wildman–Crippen LogP) is 6.37. The van der Waals surface area contributed by atoms with Crippen LogP contribution in [0, 0.1) is 13.8 Å². The molecule has 1 atom stereocenters. The molecule has 0 radical (unpaired) electrons. The largest absolute Gasteiger partial charge is 0.143 e. The molecule has 0 aliphatic carbocycles. The standard InChI is InChI=1S/C13H11Br3S/c1-7-3-4-9(14)5-10(7)13(16)12-6-11(15)8(2)17-12/h3-6,13H,1-2H3. The fourth-order valence-corrected chi connectivity index (χ4v) is 4.49. The highest BCUT2D eigenvalue weighted by Crippen LogP contribution is 2.40. The van der Waals surface area contributed by atoms with Crippen molar-refractivity contribution in [1.82, 2.24) is 0 Å². The molecular formula is C13H11Br3S. The summed E-state index contributed by atoms with van der Waals surface area (Å²) in [5, 5.41) is 0. The summed E-state index contributed by atoms with van der Waals surface area (Å²) >= 11 is 12.7. The van der Waals surface area contributed by atoms with Gasteiger partial charge in [0.05, 0.1) is 4.83 Å². The van der Waals surface area contributed by atoms with Crippen molar-refractivity contribution in [2.45, 2.75) is 18.7 Å². The van der Waals surface area contributed by atoms with Crippen molar-refractivity contribution in [2.24, 2.45) is 0 Å². The van der Waals surface area contributed by atoms with Crippen LogP contribution in [0.2, 0.25) is 0 Å². The van der Waals surface area contributed by atoms with E-state index in [0.29, 0.717) is 0 Å². The van der Waals surface area contributed by atoms with Gasteiger partial charge in [-0.1, -0.05) is 37.9 Å². The molecule has 0 aliphatic heterocycles. The van der Waals surface area contributed by atoms with E-state index in [1.54, 1.807) is 0 Å². The molecule has 0 fully saturated rings. The molecule has 1 heterocycles. The van der Waals surface area contributed by atoms with Gasteiger partial charge in [-0.3, -0.25) is 0 Å². The molecule has 2 rings (SSSR count). The Morgan fingerprint density at radius 3 is 2.41 bits per heavy atom. The summed E-state index contributed by atoms with van der Waals surface area (Å²) in [4.78, 5) is 2.91. The van der Waals surface area contributed by atoms with E-state index in [1.165, 1.54) is 25.4 Å². The van der Waals surface area contributed by atoms with Gasteiger partial charge in [0, 0.05) is 18.7 Å². The molecule has 0 nitrogen and oxygen atoms in total. The van der Waals surface area contributed by atoms with Crippen molar-refractivity contribution >= 4 is 59.1 Å². The molecule has 0 saturated heterocycles. The van der Waals surface area contributed by atoms with E-state index >= 15 is 0 Å². The minimum atomic E-state index is 0.259. The summed E-state index contributed by atoms with van der Waals surface area (Å²) in [7, 11) is 0. The Hall–Kier alpha value is 0.360. The first-order valence-corrected chi connectivity index (χ1v) is 8.47. The van der Waals surface area contributed by atoms with Crippen molar-refractivity contribution in [2.75, 3.05) is 0 Å². The average Bonchev–Trinajstić information content (AvgIpc) is 2.62. The molecule has 0 amide bonds. The minimum Gasteiger partial charge on any atom is -0.143 e. The van der Waals surface area contributed by atoms with E-state index in [4.69, 9.17) is 0 Å². The molecule has 4 heteroatoms. The monoisotopic (exact) mass is 436 g/mol. The molecule has 0 N–H and O–H groups in total. The summed E-state index contributed by atoms with van der Waals surface area (Å²) in [6, 6.07) is 8.59. The number of benzene rings is 1. The lowest BCUT2D eigenvalue weighted by atomic mass is 10.1. The summed E-state index contributed by atoms with van der Waals surface area (Å²) in [5.74, 6) is 0. The molecule has 1 unspecified atom stereocenters. The quantitative estimate of drug-likeness (QED) is 0.477. The van der Waals surface area contributed by atoms with Crippen LogP contribution < -0.4 is 0 Å². The fourth-order valence-electron chi connectivity index (χ4n) is 1.64. The number of alkyl halides is 1. The predicted molar refractivity (Wildman–Crippen MR) is 86.4 cm³/mol.